The summed E-state index contributed by atoms with van der Waals surface area (Å²) in [5, 5.41) is 1.29. The molecule has 4 heteroatoms. The second-order valence-corrected chi connectivity index (χ2v) is 7.07. The summed E-state index contributed by atoms with van der Waals surface area (Å²) < 4.78 is 0. The van der Waals surface area contributed by atoms with Crippen molar-refractivity contribution < 1.29 is 0 Å². The first kappa shape index (κ1) is 14.9. The van der Waals surface area contributed by atoms with Gasteiger partial charge < -0.3 is 9.97 Å². The van der Waals surface area contributed by atoms with Crippen molar-refractivity contribution in [1.29, 1.82) is 0 Å². The maximum Gasteiger partial charge on any atom is 0.106 e. The van der Waals surface area contributed by atoms with Crippen molar-refractivity contribution in [1.82, 2.24) is 9.97 Å². The fourth-order valence-electron chi connectivity index (χ4n) is 3.33. The van der Waals surface area contributed by atoms with Crippen LogP contribution in [0.4, 0.5) is 0 Å². The Morgan fingerprint density at radius 3 is 1.74 bits per heavy atom. The maximum atomic E-state index is 6.09. The molecule has 1 aliphatic carbocycles. The molecule has 1 aliphatic rings. The number of halogens is 2. The Morgan fingerprint density at radius 2 is 1.35 bits per heavy atom. The topological polar surface area (TPSA) is 31.6 Å². The summed E-state index contributed by atoms with van der Waals surface area (Å²) in [5.41, 5.74) is 4.80. The molecule has 1 fully saturated rings. The van der Waals surface area contributed by atoms with E-state index in [2.05, 4.69) is 34.2 Å². The highest BCUT2D eigenvalue weighted by Gasteiger charge is 2.22. The molecule has 23 heavy (non-hydrogen) atoms. The van der Waals surface area contributed by atoms with Gasteiger partial charge in [-0.2, -0.15) is 0 Å². The SMILES string of the molecule is Clc1ccc(C(c2ccc(C3CCC3)cc2)c2ccc(Cl)[nH]2)[nH]1. The van der Waals surface area contributed by atoms with Gasteiger partial charge in [-0.25, -0.2) is 0 Å². The van der Waals surface area contributed by atoms with Gasteiger partial charge in [0.2, 0.25) is 0 Å². The van der Waals surface area contributed by atoms with Gasteiger partial charge in [0.15, 0.2) is 0 Å². The molecule has 3 aromatic rings. The molecule has 0 spiro atoms. The van der Waals surface area contributed by atoms with Crippen molar-refractivity contribution in [2.75, 3.05) is 0 Å². The number of benzene rings is 1. The summed E-state index contributed by atoms with van der Waals surface area (Å²) in [7, 11) is 0. The van der Waals surface area contributed by atoms with E-state index in [4.69, 9.17) is 23.2 Å². The van der Waals surface area contributed by atoms with E-state index in [9.17, 15) is 0 Å². The molecule has 2 aromatic heterocycles. The third-order valence-electron chi connectivity index (χ3n) is 4.81. The van der Waals surface area contributed by atoms with Crippen LogP contribution in [0.15, 0.2) is 48.5 Å². The third kappa shape index (κ3) is 2.93. The summed E-state index contributed by atoms with van der Waals surface area (Å²) in [6.45, 7) is 0. The first-order valence-electron chi connectivity index (χ1n) is 7.99. The Hall–Kier alpha value is -1.64. The fourth-order valence-corrected chi connectivity index (χ4v) is 3.68. The lowest BCUT2D eigenvalue weighted by Gasteiger charge is -2.26. The van der Waals surface area contributed by atoms with E-state index in [0.717, 1.165) is 17.3 Å². The minimum Gasteiger partial charge on any atom is -0.349 e. The summed E-state index contributed by atoms with van der Waals surface area (Å²) in [5.74, 6) is 0.827. The predicted molar refractivity (Wildman–Crippen MR) is 95.6 cm³/mol. The predicted octanol–water partition coefficient (Wildman–Crippen LogP) is 6.10. The van der Waals surface area contributed by atoms with Gasteiger partial charge >= 0.3 is 0 Å². The highest BCUT2D eigenvalue weighted by Crippen LogP contribution is 2.38. The monoisotopic (exact) mass is 344 g/mol. The number of hydrogen-bond acceptors (Lipinski definition) is 0. The van der Waals surface area contributed by atoms with E-state index in [1.165, 1.54) is 30.4 Å². The van der Waals surface area contributed by atoms with E-state index < -0.39 is 0 Å². The zero-order chi connectivity index (χ0) is 15.8. The number of rotatable bonds is 4. The lowest BCUT2D eigenvalue weighted by atomic mass is 9.79. The molecular formula is C19H18Cl2N2. The first-order valence-corrected chi connectivity index (χ1v) is 8.75. The molecule has 0 atom stereocenters. The lowest BCUT2D eigenvalue weighted by molar-refractivity contribution is 0.419. The molecule has 0 aliphatic heterocycles. The smallest absolute Gasteiger partial charge is 0.106 e. The van der Waals surface area contributed by atoms with Crippen molar-refractivity contribution in [2.24, 2.45) is 0 Å². The molecule has 0 radical (unpaired) electrons. The number of aromatic nitrogens is 2. The van der Waals surface area contributed by atoms with Gasteiger partial charge in [-0.1, -0.05) is 53.9 Å². The quantitative estimate of drug-likeness (QED) is 0.573. The van der Waals surface area contributed by atoms with Gasteiger partial charge in [0, 0.05) is 11.4 Å². The molecule has 4 rings (SSSR count). The van der Waals surface area contributed by atoms with Crippen LogP contribution in [0.5, 0.6) is 0 Å². The van der Waals surface area contributed by atoms with Crippen LogP contribution >= 0.6 is 23.2 Å². The molecule has 0 bridgehead atoms. The third-order valence-corrected chi connectivity index (χ3v) is 5.26. The largest absolute Gasteiger partial charge is 0.349 e. The Bertz CT molecular complexity index is 757. The van der Waals surface area contributed by atoms with Crippen LogP contribution in [0.25, 0.3) is 0 Å². The van der Waals surface area contributed by atoms with Crippen LogP contribution in [0, 0.1) is 0 Å². The van der Waals surface area contributed by atoms with Crippen LogP contribution in [-0.4, -0.2) is 9.97 Å². The van der Waals surface area contributed by atoms with Gasteiger partial charge in [-0.05, 0) is 54.2 Å². The molecule has 0 unspecified atom stereocenters. The van der Waals surface area contributed by atoms with Crippen molar-refractivity contribution in [3.63, 3.8) is 0 Å². The first-order chi connectivity index (χ1) is 11.2. The van der Waals surface area contributed by atoms with E-state index in [1.54, 1.807) is 0 Å². The van der Waals surface area contributed by atoms with Crippen molar-refractivity contribution in [3.8, 4) is 0 Å². The Morgan fingerprint density at radius 1 is 0.783 bits per heavy atom. The molecule has 2 N–H and O–H groups in total. The van der Waals surface area contributed by atoms with Gasteiger partial charge in [0.25, 0.3) is 0 Å². The van der Waals surface area contributed by atoms with Crippen molar-refractivity contribution >= 4 is 23.2 Å². The van der Waals surface area contributed by atoms with Crippen LogP contribution in [0.2, 0.25) is 10.3 Å². The summed E-state index contributed by atoms with van der Waals surface area (Å²) in [6, 6.07) is 16.8. The molecule has 118 valence electrons. The maximum absolute atomic E-state index is 6.09. The van der Waals surface area contributed by atoms with E-state index >= 15 is 0 Å². The fraction of sp³-hybridized carbons (Fsp3) is 0.263. The van der Waals surface area contributed by atoms with Gasteiger partial charge in [0.1, 0.15) is 10.3 Å². The molecule has 2 nitrogen and oxygen atoms in total. The Balaban J connectivity index is 1.72. The molecule has 2 heterocycles. The van der Waals surface area contributed by atoms with Gasteiger partial charge in [-0.15, -0.1) is 0 Å². The summed E-state index contributed by atoms with van der Waals surface area (Å²) in [6.07, 6.45) is 4.00. The molecule has 0 amide bonds. The second kappa shape index (κ2) is 6.10. The van der Waals surface area contributed by atoms with Crippen molar-refractivity contribution in [3.05, 3.63) is 81.4 Å². The number of hydrogen-bond donors (Lipinski definition) is 2. The normalized spacial score (nSPS) is 15.1. The highest BCUT2D eigenvalue weighted by molar-refractivity contribution is 6.29. The minimum absolute atomic E-state index is 0.0745. The number of H-pyrrole nitrogens is 2. The minimum atomic E-state index is 0.0745. The Labute approximate surface area is 145 Å². The van der Waals surface area contributed by atoms with E-state index in [0.29, 0.717) is 10.3 Å². The average molecular weight is 345 g/mol. The number of nitrogens with one attached hydrogen (secondary N) is 2. The second-order valence-electron chi connectivity index (χ2n) is 6.25. The standard InChI is InChI=1S/C19H18Cl2N2/c20-17-10-8-15(22-17)19(16-9-11-18(21)23-16)14-6-4-13(5-7-14)12-2-1-3-12/h4-12,19,22-23H,1-3H2. The van der Waals surface area contributed by atoms with Gasteiger partial charge in [0.05, 0.1) is 5.92 Å². The van der Waals surface area contributed by atoms with Crippen LogP contribution in [-0.2, 0) is 0 Å². The lowest BCUT2D eigenvalue weighted by Crippen LogP contribution is -2.09. The van der Waals surface area contributed by atoms with Crippen molar-refractivity contribution in [2.45, 2.75) is 31.1 Å². The molecular weight excluding hydrogens is 327 g/mol. The summed E-state index contributed by atoms with van der Waals surface area (Å²) >= 11 is 12.2. The van der Waals surface area contributed by atoms with Crippen LogP contribution < -0.4 is 0 Å². The number of aromatic amines is 2. The Kier molecular flexibility index (Phi) is 3.96. The molecule has 1 saturated carbocycles. The van der Waals surface area contributed by atoms with E-state index in [-0.39, 0.29) is 5.92 Å². The zero-order valence-electron chi connectivity index (χ0n) is 12.7. The zero-order valence-corrected chi connectivity index (χ0v) is 14.2. The van der Waals surface area contributed by atoms with Gasteiger partial charge in [-0.3, -0.25) is 0 Å². The van der Waals surface area contributed by atoms with E-state index in [1.807, 2.05) is 24.3 Å². The van der Waals surface area contributed by atoms with Crippen LogP contribution in [0.1, 0.15) is 53.6 Å². The molecule has 0 saturated heterocycles. The van der Waals surface area contributed by atoms with Crippen LogP contribution in [0.3, 0.4) is 0 Å². The average Bonchev–Trinajstić information content (AvgIpc) is 3.09. The highest BCUT2D eigenvalue weighted by atomic mass is 35.5. The summed E-state index contributed by atoms with van der Waals surface area (Å²) in [4.78, 5) is 6.49. The molecule has 1 aromatic carbocycles.